The average Bonchev–Trinajstić information content (AvgIpc) is 3.78. The summed E-state index contributed by atoms with van der Waals surface area (Å²) in [5, 5.41) is 5.69. The molecule has 3 amide bonds. The van der Waals surface area contributed by atoms with Crippen molar-refractivity contribution in [3.8, 4) is 17.0 Å². The number of benzene rings is 3. The highest BCUT2D eigenvalue weighted by Crippen LogP contribution is 2.33. The first-order valence-electron chi connectivity index (χ1n) is 15.0. The number of anilines is 2. The number of nitrogens with zero attached hydrogens (tertiary/aromatic N) is 2. The van der Waals surface area contributed by atoms with Crippen molar-refractivity contribution in [2.75, 3.05) is 23.8 Å². The number of oxazole rings is 1. The van der Waals surface area contributed by atoms with Gasteiger partial charge in [-0.3, -0.25) is 14.4 Å². The summed E-state index contributed by atoms with van der Waals surface area (Å²) in [7, 11) is 0. The number of carbonyl (C=O) groups excluding carboxylic acids is 3. The lowest BCUT2D eigenvalue weighted by atomic mass is 10.1. The van der Waals surface area contributed by atoms with Crippen molar-refractivity contribution >= 4 is 29.1 Å². The van der Waals surface area contributed by atoms with E-state index < -0.39 is 0 Å². The van der Waals surface area contributed by atoms with Crippen molar-refractivity contribution in [2.24, 2.45) is 5.73 Å². The summed E-state index contributed by atoms with van der Waals surface area (Å²) in [6, 6.07) is 20.1. The lowest BCUT2D eigenvalue weighted by Gasteiger charge is -2.24. The van der Waals surface area contributed by atoms with Crippen molar-refractivity contribution in [3.05, 3.63) is 95.6 Å². The minimum absolute atomic E-state index is 0.0672. The zero-order valence-corrected chi connectivity index (χ0v) is 24.4. The SMILES string of the molecule is NCCCCCc1nc(-c2ccc(NC(=O)c3ccc(CN(C(=O)c4ccc5c(c4)OCC(=O)N5)C4CC4)cc3)cc2)co1. The molecule has 3 aromatic carbocycles. The Hall–Kier alpha value is -4.96. The van der Waals surface area contributed by atoms with Crippen LogP contribution >= 0.6 is 0 Å². The van der Waals surface area contributed by atoms with Gasteiger partial charge in [0.25, 0.3) is 17.7 Å². The molecule has 4 aromatic rings. The standard InChI is InChI=1S/C34H35N5O5/c35-17-3-1-2-4-32-38-29(20-44-32)23-9-12-26(13-10-23)36-33(41)24-7-5-22(6-8-24)19-39(27-14-15-27)34(42)25-11-16-28-30(18-25)43-21-31(40)37-28/h5-13,16,18,20,27H,1-4,14-15,17,19,21,35H2,(H,36,41)(H,37,40). The summed E-state index contributed by atoms with van der Waals surface area (Å²) in [6.45, 7) is 1.06. The third kappa shape index (κ3) is 6.98. The number of aromatic nitrogens is 1. The van der Waals surface area contributed by atoms with Crippen LogP contribution in [0, 0.1) is 0 Å². The minimum atomic E-state index is -0.221. The van der Waals surface area contributed by atoms with Crippen molar-refractivity contribution < 1.29 is 23.5 Å². The Balaban J connectivity index is 1.05. The second-order valence-electron chi connectivity index (χ2n) is 11.2. The van der Waals surface area contributed by atoms with Crippen LogP contribution in [-0.2, 0) is 17.8 Å². The van der Waals surface area contributed by atoms with Crippen LogP contribution in [0.5, 0.6) is 5.75 Å². The van der Waals surface area contributed by atoms with Gasteiger partial charge in [-0.1, -0.05) is 30.7 Å². The van der Waals surface area contributed by atoms with Crippen molar-refractivity contribution in [1.82, 2.24) is 9.88 Å². The number of nitrogens with one attached hydrogen (secondary N) is 2. The Bertz CT molecular complexity index is 1640. The number of amides is 3. The van der Waals surface area contributed by atoms with Crippen LogP contribution in [-0.4, -0.2) is 46.8 Å². The van der Waals surface area contributed by atoms with E-state index in [1.165, 1.54) is 0 Å². The topological polar surface area (TPSA) is 140 Å². The van der Waals surface area contributed by atoms with Crippen LogP contribution in [0.1, 0.15) is 64.3 Å². The zero-order chi connectivity index (χ0) is 30.5. The van der Waals surface area contributed by atoms with Crippen LogP contribution in [0.4, 0.5) is 11.4 Å². The molecule has 0 atom stereocenters. The molecule has 6 rings (SSSR count). The molecule has 0 bridgehead atoms. The molecule has 10 nitrogen and oxygen atoms in total. The molecule has 0 unspecified atom stereocenters. The molecule has 4 N–H and O–H groups in total. The summed E-state index contributed by atoms with van der Waals surface area (Å²) < 4.78 is 11.1. The van der Waals surface area contributed by atoms with Gasteiger partial charge in [-0.25, -0.2) is 4.98 Å². The van der Waals surface area contributed by atoms with E-state index in [0.717, 1.165) is 55.3 Å². The Morgan fingerprint density at radius 3 is 2.50 bits per heavy atom. The third-order valence-corrected chi connectivity index (χ3v) is 7.76. The van der Waals surface area contributed by atoms with Gasteiger partial charge in [-0.15, -0.1) is 0 Å². The maximum absolute atomic E-state index is 13.4. The van der Waals surface area contributed by atoms with E-state index in [1.807, 2.05) is 41.3 Å². The summed E-state index contributed by atoms with van der Waals surface area (Å²) in [6.07, 6.45) is 7.40. The number of aryl methyl sites for hydroxylation is 1. The predicted octanol–water partition coefficient (Wildman–Crippen LogP) is 5.40. The first-order valence-corrected chi connectivity index (χ1v) is 15.0. The molecule has 1 aromatic heterocycles. The summed E-state index contributed by atoms with van der Waals surface area (Å²) in [4.78, 5) is 44.4. The molecule has 226 valence electrons. The van der Waals surface area contributed by atoms with Gasteiger partial charge in [0.2, 0.25) is 0 Å². The normalized spacial score (nSPS) is 13.9. The number of hydrogen-bond acceptors (Lipinski definition) is 7. The molecule has 2 aliphatic rings. The number of rotatable bonds is 12. The fourth-order valence-corrected chi connectivity index (χ4v) is 5.17. The van der Waals surface area contributed by atoms with Crippen LogP contribution in [0.15, 0.2) is 77.4 Å². The molecule has 0 spiro atoms. The Kier molecular flexibility index (Phi) is 8.69. The van der Waals surface area contributed by atoms with E-state index in [0.29, 0.717) is 47.2 Å². The van der Waals surface area contributed by atoms with E-state index in [4.69, 9.17) is 14.9 Å². The van der Waals surface area contributed by atoms with E-state index >= 15 is 0 Å². The van der Waals surface area contributed by atoms with E-state index in [9.17, 15) is 14.4 Å². The highest BCUT2D eigenvalue weighted by atomic mass is 16.5. The Labute approximate surface area is 255 Å². The fourth-order valence-electron chi connectivity index (χ4n) is 5.17. The van der Waals surface area contributed by atoms with Crippen LogP contribution in [0.3, 0.4) is 0 Å². The molecule has 10 heteroatoms. The van der Waals surface area contributed by atoms with E-state index in [2.05, 4.69) is 15.6 Å². The highest BCUT2D eigenvalue weighted by molar-refractivity contribution is 6.04. The molecule has 1 aliphatic heterocycles. The smallest absolute Gasteiger partial charge is 0.262 e. The van der Waals surface area contributed by atoms with Crippen LogP contribution in [0.25, 0.3) is 11.3 Å². The first kappa shape index (κ1) is 29.1. The first-order chi connectivity index (χ1) is 21.5. The fraction of sp³-hybridized carbons (Fsp3) is 0.294. The molecular weight excluding hydrogens is 558 g/mol. The highest BCUT2D eigenvalue weighted by Gasteiger charge is 2.33. The van der Waals surface area contributed by atoms with E-state index in [-0.39, 0.29) is 30.4 Å². The van der Waals surface area contributed by atoms with Gasteiger partial charge in [0.1, 0.15) is 17.7 Å². The zero-order valence-electron chi connectivity index (χ0n) is 24.4. The molecule has 1 aliphatic carbocycles. The van der Waals surface area contributed by atoms with Gasteiger partial charge in [0, 0.05) is 41.4 Å². The largest absolute Gasteiger partial charge is 0.482 e. The number of carbonyl (C=O) groups is 3. The quantitative estimate of drug-likeness (QED) is 0.187. The minimum Gasteiger partial charge on any atom is -0.482 e. The Morgan fingerprint density at radius 1 is 0.977 bits per heavy atom. The molecular formula is C34H35N5O5. The van der Waals surface area contributed by atoms with Gasteiger partial charge >= 0.3 is 0 Å². The molecule has 2 heterocycles. The molecule has 0 radical (unpaired) electrons. The number of unbranched alkanes of at least 4 members (excludes halogenated alkanes) is 2. The summed E-state index contributed by atoms with van der Waals surface area (Å²) >= 11 is 0. The van der Waals surface area contributed by atoms with Crippen LogP contribution < -0.4 is 21.1 Å². The average molecular weight is 594 g/mol. The second kappa shape index (κ2) is 13.1. The van der Waals surface area contributed by atoms with Gasteiger partial charge in [0.15, 0.2) is 12.5 Å². The molecule has 0 saturated heterocycles. The van der Waals surface area contributed by atoms with Gasteiger partial charge in [-0.2, -0.15) is 0 Å². The van der Waals surface area contributed by atoms with Crippen molar-refractivity contribution in [3.63, 3.8) is 0 Å². The molecule has 1 fully saturated rings. The molecule has 1 saturated carbocycles. The van der Waals surface area contributed by atoms with Crippen LogP contribution in [0.2, 0.25) is 0 Å². The van der Waals surface area contributed by atoms with Gasteiger partial charge < -0.3 is 30.4 Å². The van der Waals surface area contributed by atoms with Gasteiger partial charge in [0.05, 0.1) is 5.69 Å². The predicted molar refractivity (Wildman–Crippen MR) is 166 cm³/mol. The summed E-state index contributed by atoms with van der Waals surface area (Å²) in [5.41, 5.74) is 10.4. The number of ether oxygens (including phenoxy) is 1. The lowest BCUT2D eigenvalue weighted by molar-refractivity contribution is -0.118. The summed E-state index contributed by atoms with van der Waals surface area (Å²) in [5.74, 6) is 0.681. The second-order valence-corrected chi connectivity index (χ2v) is 11.2. The number of hydrogen-bond donors (Lipinski definition) is 3. The lowest BCUT2D eigenvalue weighted by Crippen LogP contribution is -2.33. The maximum Gasteiger partial charge on any atom is 0.262 e. The third-order valence-electron chi connectivity index (χ3n) is 7.76. The van der Waals surface area contributed by atoms with E-state index in [1.54, 1.807) is 36.6 Å². The maximum atomic E-state index is 13.4. The number of nitrogens with two attached hydrogens (primary N) is 1. The van der Waals surface area contributed by atoms with Crippen molar-refractivity contribution in [1.29, 1.82) is 0 Å². The monoisotopic (exact) mass is 593 g/mol. The van der Waals surface area contributed by atoms with Gasteiger partial charge in [-0.05, 0) is 80.3 Å². The Morgan fingerprint density at radius 2 is 1.75 bits per heavy atom. The molecule has 44 heavy (non-hydrogen) atoms. The van der Waals surface area contributed by atoms with Crippen molar-refractivity contribution in [2.45, 2.75) is 51.1 Å². The number of fused-ring (bicyclic) bond motifs is 1.